The molecule has 0 spiro atoms. The molecule has 3 amide bonds. The Morgan fingerprint density at radius 2 is 1.87 bits per heavy atom. The molecule has 0 bridgehead atoms. The van der Waals surface area contributed by atoms with Crippen molar-refractivity contribution in [3.05, 3.63) is 40.5 Å². The van der Waals surface area contributed by atoms with Crippen molar-refractivity contribution in [1.29, 1.82) is 0 Å². The maximum atomic E-state index is 12.1. The van der Waals surface area contributed by atoms with Crippen molar-refractivity contribution in [1.82, 2.24) is 20.6 Å². The molecule has 1 aromatic heterocycles. The van der Waals surface area contributed by atoms with Crippen molar-refractivity contribution >= 4 is 57.1 Å². The Labute approximate surface area is 229 Å². The number of nitrogens with one attached hydrogen (secondary N) is 4. The number of aromatic nitrogens is 2. The summed E-state index contributed by atoms with van der Waals surface area (Å²) in [5.74, 6) is -0.691. The quantitative estimate of drug-likeness (QED) is 0.132. The molecule has 1 fully saturated rings. The van der Waals surface area contributed by atoms with E-state index in [2.05, 4.69) is 47.2 Å². The molecule has 2 heterocycles. The number of cyclic esters (lactones) is 1. The molecule has 3 rings (SSSR count). The number of carbonyl (C=O) groups is 4. The highest BCUT2D eigenvalue weighted by molar-refractivity contribution is 9.10. The van der Waals surface area contributed by atoms with Crippen LogP contribution in [0, 0.1) is 5.41 Å². The van der Waals surface area contributed by atoms with E-state index < -0.39 is 23.3 Å². The van der Waals surface area contributed by atoms with Crippen molar-refractivity contribution in [3.8, 4) is 0 Å². The Morgan fingerprint density at radius 3 is 2.53 bits per heavy atom. The summed E-state index contributed by atoms with van der Waals surface area (Å²) in [7, 11) is 0. The van der Waals surface area contributed by atoms with Gasteiger partial charge in [0.05, 0.1) is 4.47 Å². The second kappa shape index (κ2) is 13.2. The summed E-state index contributed by atoms with van der Waals surface area (Å²) >= 11 is 3.43. The number of nitrogens with two attached hydrogens (primary N) is 1. The first kappa shape index (κ1) is 28.8. The van der Waals surface area contributed by atoms with Gasteiger partial charge < -0.3 is 31.7 Å². The van der Waals surface area contributed by atoms with Gasteiger partial charge in [-0.3, -0.25) is 19.2 Å². The predicted molar refractivity (Wildman–Crippen MR) is 144 cm³/mol. The Hall–Kier alpha value is -3.74. The summed E-state index contributed by atoms with van der Waals surface area (Å²) in [5, 5.41) is 11.9. The summed E-state index contributed by atoms with van der Waals surface area (Å²) in [6, 6.07) is 7.67. The standard InChI is InChI=1S/C25H32BrN7O5/c1-25(2,22(27)36)23(37)30-12-3-11-28-20-17(26)14-31-24(33-20)32-16-6-4-15(5-7-16)10-13-29-21(35)18-8-9-19(34)38-18/h4-7,14,18H,3,8-13H2,1-2H3,(H2,27,36)(H,29,35)(H,30,37)(H2,28,31,32,33)/t18-/m0/s1. The number of carbonyl (C=O) groups excluding carboxylic acids is 4. The molecule has 0 saturated carbocycles. The van der Waals surface area contributed by atoms with Crippen molar-refractivity contribution in [2.45, 2.75) is 45.6 Å². The molecule has 2 aromatic rings. The van der Waals surface area contributed by atoms with Gasteiger partial charge in [-0.15, -0.1) is 0 Å². The molecule has 38 heavy (non-hydrogen) atoms. The smallest absolute Gasteiger partial charge is 0.306 e. The zero-order chi connectivity index (χ0) is 27.7. The zero-order valence-corrected chi connectivity index (χ0v) is 22.9. The number of primary amides is 1. The van der Waals surface area contributed by atoms with E-state index in [-0.39, 0.29) is 18.3 Å². The minimum absolute atomic E-state index is 0.261. The Bertz CT molecular complexity index is 1170. The zero-order valence-electron chi connectivity index (χ0n) is 21.3. The fourth-order valence-electron chi connectivity index (χ4n) is 3.42. The van der Waals surface area contributed by atoms with Gasteiger partial charge in [0.1, 0.15) is 11.2 Å². The molecule has 0 aliphatic carbocycles. The van der Waals surface area contributed by atoms with Gasteiger partial charge in [-0.25, -0.2) is 4.98 Å². The van der Waals surface area contributed by atoms with Crippen LogP contribution in [-0.4, -0.2) is 59.4 Å². The number of esters is 1. The maximum absolute atomic E-state index is 12.1. The van der Waals surface area contributed by atoms with Gasteiger partial charge in [-0.05, 0) is 60.3 Å². The number of ether oxygens (including phenoxy) is 1. The van der Waals surface area contributed by atoms with Crippen molar-refractivity contribution in [2.24, 2.45) is 11.1 Å². The summed E-state index contributed by atoms with van der Waals surface area (Å²) < 4.78 is 5.65. The van der Waals surface area contributed by atoms with Gasteiger partial charge >= 0.3 is 5.97 Å². The highest BCUT2D eigenvalue weighted by atomic mass is 79.9. The number of hydrogen-bond acceptors (Lipinski definition) is 9. The van der Waals surface area contributed by atoms with Crippen LogP contribution in [0.15, 0.2) is 34.9 Å². The first-order valence-electron chi connectivity index (χ1n) is 12.2. The molecule has 1 aliphatic heterocycles. The van der Waals surface area contributed by atoms with Crippen molar-refractivity contribution in [2.75, 3.05) is 30.3 Å². The lowest BCUT2D eigenvalue weighted by Crippen LogP contribution is -2.46. The Balaban J connectivity index is 1.42. The molecule has 1 aliphatic rings. The number of amides is 3. The number of halogens is 1. The third kappa shape index (κ3) is 8.13. The third-order valence-corrected chi connectivity index (χ3v) is 6.54. The number of benzene rings is 1. The van der Waals surface area contributed by atoms with Crippen LogP contribution < -0.4 is 27.0 Å². The number of hydrogen-bond donors (Lipinski definition) is 5. The average Bonchev–Trinajstić information content (AvgIpc) is 3.32. The van der Waals surface area contributed by atoms with Crippen LogP contribution in [0.4, 0.5) is 17.5 Å². The highest BCUT2D eigenvalue weighted by Crippen LogP contribution is 2.22. The van der Waals surface area contributed by atoms with E-state index in [1.165, 1.54) is 13.8 Å². The van der Waals surface area contributed by atoms with Crippen molar-refractivity contribution < 1.29 is 23.9 Å². The minimum atomic E-state index is -1.26. The predicted octanol–water partition coefficient (Wildman–Crippen LogP) is 1.78. The largest absolute Gasteiger partial charge is 0.452 e. The first-order chi connectivity index (χ1) is 18.1. The van der Waals surface area contributed by atoms with Crippen LogP contribution in [0.1, 0.15) is 38.7 Å². The number of rotatable bonds is 13. The second-order valence-corrected chi connectivity index (χ2v) is 10.2. The van der Waals surface area contributed by atoms with E-state index in [4.69, 9.17) is 10.5 Å². The van der Waals surface area contributed by atoms with Gasteiger partial charge in [-0.2, -0.15) is 4.98 Å². The van der Waals surface area contributed by atoms with Gasteiger partial charge in [0.2, 0.25) is 17.8 Å². The first-order valence-corrected chi connectivity index (χ1v) is 13.0. The fraction of sp³-hybridized carbons (Fsp3) is 0.440. The van der Waals surface area contributed by atoms with E-state index in [0.717, 1.165) is 11.3 Å². The van der Waals surface area contributed by atoms with Gasteiger partial charge in [0.15, 0.2) is 6.10 Å². The van der Waals surface area contributed by atoms with E-state index in [1.807, 2.05) is 24.3 Å². The van der Waals surface area contributed by atoms with Crippen LogP contribution in [0.3, 0.4) is 0 Å². The normalized spacial score (nSPS) is 14.9. The Morgan fingerprint density at radius 1 is 1.13 bits per heavy atom. The topological polar surface area (TPSA) is 177 Å². The number of anilines is 3. The van der Waals surface area contributed by atoms with E-state index in [9.17, 15) is 19.2 Å². The lowest BCUT2D eigenvalue weighted by atomic mass is 9.91. The van der Waals surface area contributed by atoms with E-state index >= 15 is 0 Å². The molecule has 1 aromatic carbocycles. The van der Waals surface area contributed by atoms with Crippen LogP contribution in [0.2, 0.25) is 0 Å². The molecule has 13 heteroatoms. The molecule has 1 atom stereocenters. The lowest BCUT2D eigenvalue weighted by molar-refractivity contribution is -0.148. The molecule has 1 saturated heterocycles. The SMILES string of the molecule is CC(C)(C(N)=O)C(=O)NCCCNc1nc(Nc2ccc(CCNC(=O)[C@@H]3CCC(=O)O3)cc2)ncc1Br. The van der Waals surface area contributed by atoms with Gasteiger partial charge in [-0.1, -0.05) is 12.1 Å². The monoisotopic (exact) mass is 589 g/mol. The molecule has 12 nitrogen and oxygen atoms in total. The minimum Gasteiger partial charge on any atom is -0.452 e. The molecule has 6 N–H and O–H groups in total. The molecule has 204 valence electrons. The number of nitrogens with zero attached hydrogens (tertiary/aromatic N) is 2. The van der Waals surface area contributed by atoms with Crippen LogP contribution in [0.25, 0.3) is 0 Å². The average molecular weight is 590 g/mol. The maximum Gasteiger partial charge on any atom is 0.306 e. The highest BCUT2D eigenvalue weighted by Gasteiger charge is 2.33. The summed E-state index contributed by atoms with van der Waals surface area (Å²) in [5.41, 5.74) is 5.83. The molecule has 0 radical (unpaired) electrons. The summed E-state index contributed by atoms with van der Waals surface area (Å²) in [4.78, 5) is 55.4. The second-order valence-electron chi connectivity index (χ2n) is 9.30. The van der Waals surface area contributed by atoms with Crippen LogP contribution >= 0.6 is 15.9 Å². The fourth-order valence-corrected chi connectivity index (χ4v) is 3.75. The van der Waals surface area contributed by atoms with E-state index in [0.29, 0.717) is 55.1 Å². The Kier molecular flexibility index (Phi) is 9.99. The van der Waals surface area contributed by atoms with Crippen LogP contribution in [-0.2, 0) is 30.3 Å². The lowest BCUT2D eigenvalue weighted by Gasteiger charge is -2.19. The summed E-state index contributed by atoms with van der Waals surface area (Å²) in [6.45, 7) is 4.32. The van der Waals surface area contributed by atoms with E-state index in [1.54, 1.807) is 6.20 Å². The third-order valence-electron chi connectivity index (χ3n) is 5.96. The van der Waals surface area contributed by atoms with Gasteiger partial charge in [0.25, 0.3) is 5.91 Å². The molecule has 0 unspecified atom stereocenters. The van der Waals surface area contributed by atoms with Gasteiger partial charge in [0, 0.05) is 44.4 Å². The summed E-state index contributed by atoms with van der Waals surface area (Å²) in [6.07, 6.45) is 2.90. The molecular formula is C25H32BrN7O5. The molecular weight excluding hydrogens is 558 g/mol. The van der Waals surface area contributed by atoms with Crippen molar-refractivity contribution in [3.63, 3.8) is 0 Å². The van der Waals surface area contributed by atoms with Crippen LogP contribution in [0.5, 0.6) is 0 Å².